The second-order valence-electron chi connectivity index (χ2n) is 4.38. The van der Waals surface area contributed by atoms with Gasteiger partial charge in [0, 0.05) is 17.3 Å². The third-order valence-corrected chi connectivity index (χ3v) is 5.05. The summed E-state index contributed by atoms with van der Waals surface area (Å²) in [6.45, 7) is 4.03. The predicted octanol–water partition coefficient (Wildman–Crippen LogP) is 2.85. The number of thiazole rings is 1. The molecular formula is C13H13N5OS2. The van der Waals surface area contributed by atoms with Gasteiger partial charge in [-0.3, -0.25) is 10.1 Å². The molecule has 3 aromatic heterocycles. The molecule has 21 heavy (non-hydrogen) atoms. The van der Waals surface area contributed by atoms with E-state index in [9.17, 15) is 4.79 Å². The molecule has 0 saturated heterocycles. The number of nitrogens with one attached hydrogen (secondary N) is 1. The van der Waals surface area contributed by atoms with Gasteiger partial charge in [-0.25, -0.2) is 15.0 Å². The number of anilines is 2. The third kappa shape index (κ3) is 2.47. The van der Waals surface area contributed by atoms with Crippen molar-refractivity contribution in [2.75, 3.05) is 11.1 Å². The van der Waals surface area contributed by atoms with E-state index in [4.69, 9.17) is 5.73 Å². The highest BCUT2D eigenvalue weighted by Gasteiger charge is 2.19. The molecule has 0 unspecified atom stereocenters. The summed E-state index contributed by atoms with van der Waals surface area (Å²) in [5, 5.41) is 3.39. The van der Waals surface area contributed by atoms with Crippen molar-refractivity contribution in [3.8, 4) is 0 Å². The van der Waals surface area contributed by atoms with E-state index < -0.39 is 0 Å². The molecule has 0 aliphatic heterocycles. The first-order chi connectivity index (χ1) is 10.1. The Labute approximate surface area is 129 Å². The van der Waals surface area contributed by atoms with E-state index in [-0.39, 0.29) is 5.91 Å². The van der Waals surface area contributed by atoms with Gasteiger partial charge in [0.25, 0.3) is 5.91 Å². The van der Waals surface area contributed by atoms with E-state index in [2.05, 4.69) is 20.3 Å². The number of carbonyl (C=O) groups is 1. The maximum Gasteiger partial charge on any atom is 0.269 e. The molecule has 3 heterocycles. The fourth-order valence-electron chi connectivity index (χ4n) is 1.98. The average Bonchev–Trinajstić information content (AvgIpc) is 3.00. The zero-order valence-electron chi connectivity index (χ0n) is 11.5. The van der Waals surface area contributed by atoms with Crippen molar-refractivity contribution in [3.63, 3.8) is 0 Å². The van der Waals surface area contributed by atoms with Crippen molar-refractivity contribution in [2.24, 2.45) is 0 Å². The predicted molar refractivity (Wildman–Crippen MR) is 86.0 cm³/mol. The summed E-state index contributed by atoms with van der Waals surface area (Å²) in [7, 11) is 0. The smallest absolute Gasteiger partial charge is 0.269 e. The molecule has 0 aromatic carbocycles. The monoisotopic (exact) mass is 319 g/mol. The highest BCUT2D eigenvalue weighted by Crippen LogP contribution is 2.31. The Kier molecular flexibility index (Phi) is 3.56. The van der Waals surface area contributed by atoms with Crippen LogP contribution in [0.15, 0.2) is 12.4 Å². The van der Waals surface area contributed by atoms with Crippen molar-refractivity contribution in [2.45, 2.75) is 20.3 Å². The van der Waals surface area contributed by atoms with Crippen LogP contribution in [-0.2, 0) is 6.42 Å². The molecule has 6 nitrogen and oxygen atoms in total. The van der Waals surface area contributed by atoms with Crippen LogP contribution < -0.4 is 11.1 Å². The maximum absolute atomic E-state index is 12.3. The Morgan fingerprint density at radius 3 is 2.76 bits per heavy atom. The molecule has 0 radical (unpaired) electrons. The van der Waals surface area contributed by atoms with Crippen molar-refractivity contribution >= 4 is 49.7 Å². The number of thiophene rings is 1. The zero-order valence-corrected chi connectivity index (χ0v) is 13.1. The summed E-state index contributed by atoms with van der Waals surface area (Å²) < 4.78 is 0. The van der Waals surface area contributed by atoms with E-state index in [0.717, 1.165) is 17.0 Å². The number of hydrogen-bond donors (Lipinski definition) is 2. The van der Waals surface area contributed by atoms with Gasteiger partial charge < -0.3 is 5.73 Å². The van der Waals surface area contributed by atoms with Crippen molar-refractivity contribution in [3.05, 3.63) is 27.8 Å². The zero-order chi connectivity index (χ0) is 15.0. The molecule has 0 spiro atoms. The lowest BCUT2D eigenvalue weighted by Gasteiger charge is -1.99. The summed E-state index contributed by atoms with van der Waals surface area (Å²) in [4.78, 5) is 27.2. The van der Waals surface area contributed by atoms with Crippen LogP contribution >= 0.6 is 22.7 Å². The summed E-state index contributed by atoms with van der Waals surface area (Å²) in [6, 6.07) is 0. The number of nitrogens with zero attached hydrogens (tertiary/aromatic N) is 3. The SMILES string of the molecule is CCc1nc(NC(=O)c2sc3nccnc3c2N)sc1C. The van der Waals surface area contributed by atoms with Crippen molar-refractivity contribution < 1.29 is 4.79 Å². The lowest BCUT2D eigenvalue weighted by atomic mass is 10.3. The molecule has 8 heteroatoms. The standard InChI is InChI=1S/C13H13N5OS2/c1-3-7-6(2)20-13(17-7)18-11(19)10-8(14)9-12(21-10)16-5-4-15-9/h4-5H,3,14H2,1-2H3,(H,17,18,19). The molecule has 0 fully saturated rings. The van der Waals surface area contributed by atoms with E-state index in [1.165, 1.54) is 22.7 Å². The largest absolute Gasteiger partial charge is 0.396 e. The summed E-state index contributed by atoms with van der Waals surface area (Å²) >= 11 is 2.70. The first-order valence-corrected chi connectivity index (χ1v) is 8.00. The Bertz CT molecular complexity index is 823. The first kappa shape index (κ1) is 13.9. The first-order valence-electron chi connectivity index (χ1n) is 6.36. The number of amides is 1. The number of carbonyl (C=O) groups excluding carboxylic acids is 1. The van der Waals surface area contributed by atoms with Gasteiger partial charge in [-0.05, 0) is 13.3 Å². The molecule has 0 aliphatic rings. The van der Waals surface area contributed by atoms with Crippen LogP contribution in [0.1, 0.15) is 27.2 Å². The fourth-order valence-corrected chi connectivity index (χ4v) is 3.79. The maximum atomic E-state index is 12.3. The minimum absolute atomic E-state index is 0.270. The highest BCUT2D eigenvalue weighted by molar-refractivity contribution is 7.21. The van der Waals surface area contributed by atoms with Gasteiger partial charge in [0.05, 0.1) is 11.4 Å². The van der Waals surface area contributed by atoms with Crippen LogP contribution in [-0.4, -0.2) is 20.9 Å². The number of rotatable bonds is 3. The van der Waals surface area contributed by atoms with E-state index in [0.29, 0.717) is 26.0 Å². The summed E-state index contributed by atoms with van der Waals surface area (Å²) in [5.74, 6) is -0.270. The third-order valence-electron chi connectivity index (χ3n) is 3.02. The second kappa shape index (κ2) is 5.38. The Morgan fingerprint density at radius 2 is 2.10 bits per heavy atom. The molecule has 1 amide bonds. The molecule has 0 saturated carbocycles. The van der Waals surface area contributed by atoms with Crippen LogP contribution in [0.3, 0.4) is 0 Å². The molecule has 108 valence electrons. The van der Waals surface area contributed by atoms with Gasteiger partial charge in [-0.2, -0.15) is 0 Å². The van der Waals surface area contributed by atoms with Crippen molar-refractivity contribution in [1.29, 1.82) is 0 Å². The van der Waals surface area contributed by atoms with Gasteiger partial charge in [0.15, 0.2) is 5.13 Å². The summed E-state index contributed by atoms with van der Waals surface area (Å²) in [6.07, 6.45) is 3.99. The average molecular weight is 319 g/mol. The van der Waals surface area contributed by atoms with Crippen molar-refractivity contribution in [1.82, 2.24) is 15.0 Å². The second-order valence-corrected chi connectivity index (χ2v) is 6.59. The van der Waals surface area contributed by atoms with E-state index in [1.807, 2.05) is 13.8 Å². The lowest BCUT2D eigenvalue weighted by molar-refractivity contribution is 0.103. The van der Waals surface area contributed by atoms with Gasteiger partial charge >= 0.3 is 0 Å². The van der Waals surface area contributed by atoms with E-state index >= 15 is 0 Å². The van der Waals surface area contributed by atoms with Gasteiger partial charge in [0.2, 0.25) is 0 Å². The van der Waals surface area contributed by atoms with Crippen LogP contribution in [0.2, 0.25) is 0 Å². The minimum atomic E-state index is -0.270. The lowest BCUT2D eigenvalue weighted by Crippen LogP contribution is -2.11. The summed E-state index contributed by atoms with van der Waals surface area (Å²) in [5.41, 5.74) is 7.92. The molecule has 0 bridgehead atoms. The molecule has 0 atom stereocenters. The van der Waals surface area contributed by atoms with Gasteiger partial charge in [0.1, 0.15) is 15.2 Å². The number of nitrogens with two attached hydrogens (primary N) is 1. The number of fused-ring (bicyclic) bond motifs is 1. The molecule has 0 aliphatic carbocycles. The van der Waals surface area contributed by atoms with Crippen LogP contribution in [0.4, 0.5) is 10.8 Å². The molecular weight excluding hydrogens is 306 g/mol. The van der Waals surface area contributed by atoms with Gasteiger partial charge in [-0.1, -0.05) is 6.92 Å². The Morgan fingerprint density at radius 1 is 1.33 bits per heavy atom. The Balaban J connectivity index is 1.91. The molecule has 3 aromatic rings. The highest BCUT2D eigenvalue weighted by atomic mass is 32.1. The van der Waals surface area contributed by atoms with Crippen LogP contribution in [0, 0.1) is 6.92 Å². The number of aryl methyl sites for hydroxylation is 2. The Hall–Kier alpha value is -2.06. The van der Waals surface area contributed by atoms with Gasteiger partial charge in [-0.15, -0.1) is 22.7 Å². The van der Waals surface area contributed by atoms with E-state index in [1.54, 1.807) is 12.4 Å². The number of nitrogen functional groups attached to an aromatic ring is 1. The molecule has 3 N–H and O–H groups in total. The number of hydrogen-bond acceptors (Lipinski definition) is 7. The molecule has 3 rings (SSSR count). The van der Waals surface area contributed by atoms with Crippen LogP contribution in [0.5, 0.6) is 0 Å². The number of aromatic nitrogens is 3. The quantitative estimate of drug-likeness (QED) is 0.774. The fraction of sp³-hybridized carbons (Fsp3) is 0.231. The normalized spacial score (nSPS) is 11.0. The topological polar surface area (TPSA) is 93.8 Å². The van der Waals surface area contributed by atoms with Crippen LogP contribution in [0.25, 0.3) is 10.3 Å². The minimum Gasteiger partial charge on any atom is -0.396 e.